The Morgan fingerprint density at radius 1 is 0.906 bits per heavy atom. The number of hydrogen-bond donors (Lipinski definition) is 2. The summed E-state index contributed by atoms with van der Waals surface area (Å²) in [6, 6.07) is 10.7. The molecule has 6 heteroatoms. The van der Waals surface area contributed by atoms with Gasteiger partial charge in [-0.1, -0.05) is 53.7 Å². The van der Waals surface area contributed by atoms with Gasteiger partial charge in [0.15, 0.2) is 5.60 Å². The third-order valence-electron chi connectivity index (χ3n) is 5.23. The predicted molar refractivity (Wildman–Crippen MR) is 128 cm³/mol. The zero-order chi connectivity index (χ0) is 24.5. The van der Waals surface area contributed by atoms with Gasteiger partial charge in [0.2, 0.25) is 0 Å². The minimum absolute atomic E-state index is 0.236. The molecule has 0 aromatic heterocycles. The summed E-state index contributed by atoms with van der Waals surface area (Å²) >= 11 is 6.57. The first-order chi connectivity index (χ1) is 14.5. The topological polar surface area (TPSA) is 76.0 Å². The van der Waals surface area contributed by atoms with E-state index in [1.807, 2.05) is 12.1 Å². The van der Waals surface area contributed by atoms with Crippen molar-refractivity contribution in [3.05, 3.63) is 53.1 Å². The molecular weight excluding hydrogens is 428 g/mol. The van der Waals surface area contributed by atoms with Crippen LogP contribution < -0.4 is 9.47 Å². The summed E-state index contributed by atoms with van der Waals surface area (Å²) < 4.78 is 11.6. The molecule has 0 bridgehead atoms. The van der Waals surface area contributed by atoms with Crippen molar-refractivity contribution in [2.24, 2.45) is 0 Å². The lowest BCUT2D eigenvalue weighted by Crippen LogP contribution is -2.37. The van der Waals surface area contributed by atoms with Gasteiger partial charge in [0.1, 0.15) is 23.9 Å². The highest BCUT2D eigenvalue weighted by Crippen LogP contribution is 2.42. The van der Waals surface area contributed by atoms with Crippen LogP contribution in [0.4, 0.5) is 0 Å². The van der Waals surface area contributed by atoms with Crippen LogP contribution in [-0.4, -0.2) is 28.4 Å². The van der Waals surface area contributed by atoms with E-state index in [0.29, 0.717) is 17.2 Å². The number of aromatic hydroxyl groups is 1. The maximum Gasteiger partial charge on any atom is 0.347 e. The maximum absolute atomic E-state index is 11.2. The van der Waals surface area contributed by atoms with Crippen molar-refractivity contribution in [1.82, 2.24) is 0 Å². The van der Waals surface area contributed by atoms with Gasteiger partial charge in [0, 0.05) is 11.1 Å². The molecular formula is C26H35ClO5. The van der Waals surface area contributed by atoms with Gasteiger partial charge in [-0.25, -0.2) is 4.79 Å². The molecule has 0 spiro atoms. The number of carboxylic acids is 1. The van der Waals surface area contributed by atoms with Gasteiger partial charge in [0.25, 0.3) is 0 Å². The van der Waals surface area contributed by atoms with Crippen LogP contribution in [-0.2, 0) is 15.6 Å². The molecule has 0 saturated heterocycles. The van der Waals surface area contributed by atoms with E-state index in [9.17, 15) is 15.0 Å². The minimum atomic E-state index is -1.32. The van der Waals surface area contributed by atoms with Gasteiger partial charge in [-0.05, 0) is 54.5 Å². The van der Waals surface area contributed by atoms with E-state index in [4.69, 9.17) is 21.1 Å². The lowest BCUT2D eigenvalue weighted by molar-refractivity contribution is -0.152. The van der Waals surface area contributed by atoms with Crippen molar-refractivity contribution in [3.63, 3.8) is 0 Å². The average Bonchev–Trinajstić information content (AvgIpc) is 2.65. The molecule has 0 aliphatic heterocycles. The van der Waals surface area contributed by atoms with E-state index in [1.165, 1.54) is 13.8 Å². The molecule has 0 aliphatic rings. The summed E-state index contributed by atoms with van der Waals surface area (Å²) in [6.45, 7) is 15.6. The molecule has 0 amide bonds. The second kappa shape index (κ2) is 9.22. The van der Waals surface area contributed by atoms with E-state index in [1.54, 1.807) is 24.3 Å². The molecule has 32 heavy (non-hydrogen) atoms. The molecule has 0 saturated carbocycles. The average molecular weight is 463 g/mol. The van der Waals surface area contributed by atoms with E-state index in [2.05, 4.69) is 41.5 Å². The minimum Gasteiger partial charge on any atom is -0.507 e. The lowest BCUT2D eigenvalue weighted by atomic mass is 9.79. The fourth-order valence-electron chi connectivity index (χ4n) is 3.18. The van der Waals surface area contributed by atoms with E-state index < -0.39 is 16.9 Å². The first-order valence-electron chi connectivity index (χ1n) is 10.7. The van der Waals surface area contributed by atoms with Gasteiger partial charge in [0.05, 0.1) is 5.38 Å². The molecule has 5 nitrogen and oxygen atoms in total. The maximum atomic E-state index is 11.2. The van der Waals surface area contributed by atoms with Gasteiger partial charge >= 0.3 is 5.97 Å². The zero-order valence-corrected chi connectivity index (χ0v) is 21.0. The van der Waals surface area contributed by atoms with E-state index >= 15 is 0 Å². The van der Waals surface area contributed by atoms with Gasteiger partial charge in [-0.3, -0.25) is 0 Å². The van der Waals surface area contributed by atoms with Crippen molar-refractivity contribution >= 4 is 17.6 Å². The molecule has 1 atom stereocenters. The standard InChI is InChI=1S/C26H35ClO5/c1-24(2,3)19-13-18(14-20(22(19)28)25(4,5)6)31-15-21(27)16-9-11-17(12-10-16)32-26(7,8)23(29)30/h9-14,21,28H,15H2,1-8H3,(H,29,30)/t21-/m0/s1. The van der Waals surface area contributed by atoms with Crippen LogP contribution in [0.3, 0.4) is 0 Å². The number of rotatable bonds is 7. The van der Waals surface area contributed by atoms with Crippen molar-refractivity contribution in [2.75, 3.05) is 6.61 Å². The second-order valence-electron chi connectivity index (χ2n) is 10.6. The van der Waals surface area contributed by atoms with E-state index in [-0.39, 0.29) is 17.4 Å². The van der Waals surface area contributed by atoms with Gasteiger partial charge < -0.3 is 19.7 Å². The van der Waals surface area contributed by atoms with E-state index in [0.717, 1.165) is 16.7 Å². The second-order valence-corrected chi connectivity index (χ2v) is 11.2. The van der Waals surface area contributed by atoms with Crippen molar-refractivity contribution in [1.29, 1.82) is 0 Å². The highest BCUT2D eigenvalue weighted by molar-refractivity contribution is 6.20. The Morgan fingerprint density at radius 3 is 1.78 bits per heavy atom. The molecule has 2 N–H and O–H groups in total. The van der Waals surface area contributed by atoms with Crippen LogP contribution in [0.2, 0.25) is 0 Å². The molecule has 2 aromatic carbocycles. The van der Waals surface area contributed by atoms with Crippen LogP contribution in [0.15, 0.2) is 36.4 Å². The number of phenolic OH excluding ortho intramolecular Hbond substituents is 1. The fraction of sp³-hybridized carbons (Fsp3) is 0.500. The molecule has 2 rings (SSSR count). The molecule has 0 unspecified atom stereocenters. The number of carbonyl (C=O) groups is 1. The smallest absolute Gasteiger partial charge is 0.347 e. The van der Waals surface area contributed by atoms with Gasteiger partial charge in [-0.2, -0.15) is 0 Å². The largest absolute Gasteiger partial charge is 0.507 e. The van der Waals surface area contributed by atoms with Crippen LogP contribution in [0.25, 0.3) is 0 Å². The first-order valence-corrected chi connectivity index (χ1v) is 11.1. The SMILES string of the molecule is CC(C)(Oc1ccc([C@@H](Cl)COc2cc(C(C)(C)C)c(O)c(C(C)(C)C)c2)cc1)C(=O)O. The molecule has 176 valence electrons. The number of aliphatic carboxylic acids is 1. The van der Waals surface area contributed by atoms with Crippen molar-refractivity contribution < 1.29 is 24.5 Å². The van der Waals surface area contributed by atoms with Crippen LogP contribution in [0.1, 0.15) is 77.5 Å². The summed E-state index contributed by atoms with van der Waals surface area (Å²) in [4.78, 5) is 11.2. The Kier molecular flexibility index (Phi) is 7.45. The first kappa shape index (κ1) is 25.9. The van der Waals surface area contributed by atoms with Crippen LogP contribution in [0, 0.1) is 0 Å². The van der Waals surface area contributed by atoms with Gasteiger partial charge in [-0.15, -0.1) is 11.6 Å². The molecule has 0 radical (unpaired) electrons. The quantitative estimate of drug-likeness (QED) is 0.454. The normalized spacial score (nSPS) is 13.5. The number of alkyl halides is 1. The highest BCUT2D eigenvalue weighted by atomic mass is 35.5. The highest BCUT2D eigenvalue weighted by Gasteiger charge is 2.29. The summed E-state index contributed by atoms with van der Waals surface area (Å²) in [5, 5.41) is 19.6. The molecule has 0 fully saturated rings. The van der Waals surface area contributed by atoms with Crippen LogP contribution in [0.5, 0.6) is 17.2 Å². The lowest BCUT2D eigenvalue weighted by Gasteiger charge is -2.28. The predicted octanol–water partition coefficient (Wildman–Crippen LogP) is 6.59. The summed E-state index contributed by atoms with van der Waals surface area (Å²) in [7, 11) is 0. The Labute approximate surface area is 196 Å². The summed E-state index contributed by atoms with van der Waals surface area (Å²) in [5.41, 5.74) is 0.673. The van der Waals surface area contributed by atoms with Crippen LogP contribution >= 0.6 is 11.6 Å². The van der Waals surface area contributed by atoms with Crippen molar-refractivity contribution in [3.8, 4) is 17.2 Å². The Morgan fingerprint density at radius 2 is 1.38 bits per heavy atom. The Balaban J connectivity index is 2.19. The Bertz CT molecular complexity index is 915. The number of ether oxygens (including phenoxy) is 2. The third kappa shape index (κ3) is 6.32. The molecule has 2 aromatic rings. The number of carboxylic acid groups (broad SMARTS) is 1. The zero-order valence-electron chi connectivity index (χ0n) is 20.2. The Hall–Kier alpha value is -2.40. The number of benzene rings is 2. The van der Waals surface area contributed by atoms with Crippen molar-refractivity contribution in [2.45, 2.75) is 77.2 Å². The number of phenols is 1. The number of halogens is 1. The monoisotopic (exact) mass is 462 g/mol. The summed E-state index contributed by atoms with van der Waals surface area (Å²) in [5.74, 6) is 0.378. The fourth-order valence-corrected chi connectivity index (χ4v) is 3.39. The number of hydrogen-bond acceptors (Lipinski definition) is 4. The molecule has 0 heterocycles. The third-order valence-corrected chi connectivity index (χ3v) is 5.60. The summed E-state index contributed by atoms with van der Waals surface area (Å²) in [6.07, 6.45) is 0. The molecule has 0 aliphatic carbocycles.